The quantitative estimate of drug-likeness (QED) is 0.620. The first-order chi connectivity index (χ1) is 5.75. The fraction of sp³-hybridized carbons (Fsp3) is 0.111. The van der Waals surface area contributed by atoms with Crippen molar-refractivity contribution in [3.05, 3.63) is 35.7 Å². The molecule has 0 spiro atoms. The lowest BCUT2D eigenvalue weighted by Gasteiger charge is -1.97. The van der Waals surface area contributed by atoms with Gasteiger partial charge in [0.05, 0.1) is 11.1 Å². The van der Waals surface area contributed by atoms with Crippen LogP contribution in [0.25, 0.3) is 5.03 Å². The molecule has 0 aliphatic rings. The molecule has 0 saturated carbocycles. The normalized spacial score (nSPS) is 11.8. The van der Waals surface area contributed by atoms with Gasteiger partial charge in [0.15, 0.2) is 0 Å². The highest BCUT2D eigenvalue weighted by molar-refractivity contribution is 6.49. The summed E-state index contributed by atoms with van der Waals surface area (Å²) in [6.45, 7) is 1.68. The van der Waals surface area contributed by atoms with Crippen molar-refractivity contribution in [3.63, 3.8) is 0 Å². The number of allylic oxidation sites excluding steroid dienone is 1. The molecule has 2 nitrogen and oxygen atoms in total. The molecule has 0 saturated heterocycles. The molecule has 0 fully saturated rings. The van der Waals surface area contributed by atoms with Crippen LogP contribution in [0.1, 0.15) is 12.5 Å². The second kappa shape index (κ2) is 3.89. The van der Waals surface area contributed by atoms with E-state index < -0.39 is 0 Å². The Morgan fingerprint density at radius 2 is 2.42 bits per heavy atom. The first kappa shape index (κ1) is 8.76. The monoisotopic (exact) mass is 178 g/mol. The van der Waals surface area contributed by atoms with Gasteiger partial charge in [-0.1, -0.05) is 17.7 Å². The van der Waals surface area contributed by atoms with Gasteiger partial charge >= 0.3 is 0 Å². The van der Waals surface area contributed by atoms with Gasteiger partial charge in [-0.05, 0) is 13.0 Å². The molecule has 0 aromatic carbocycles. The summed E-state index contributed by atoms with van der Waals surface area (Å²) >= 11 is 5.87. The summed E-state index contributed by atoms with van der Waals surface area (Å²) in [5, 5.41) is 9.02. The van der Waals surface area contributed by atoms with Gasteiger partial charge in [-0.25, -0.2) is 0 Å². The number of hydrogen-bond donors (Lipinski definition) is 0. The van der Waals surface area contributed by atoms with Gasteiger partial charge in [-0.3, -0.25) is 4.98 Å². The van der Waals surface area contributed by atoms with E-state index >= 15 is 0 Å². The number of hydrogen-bond acceptors (Lipinski definition) is 2. The lowest BCUT2D eigenvalue weighted by atomic mass is 10.2. The van der Waals surface area contributed by atoms with Crippen LogP contribution in [0.15, 0.2) is 30.1 Å². The minimum atomic E-state index is 0.464. The molecule has 0 aliphatic carbocycles. The summed E-state index contributed by atoms with van der Waals surface area (Å²) in [5.74, 6) is 0. The third-order valence-corrected chi connectivity index (χ3v) is 1.91. The third kappa shape index (κ3) is 1.84. The van der Waals surface area contributed by atoms with E-state index in [0.29, 0.717) is 10.6 Å². The average molecular weight is 179 g/mol. The predicted octanol–water partition coefficient (Wildman–Crippen LogP) is 2.57. The van der Waals surface area contributed by atoms with Crippen LogP contribution >= 0.6 is 11.6 Å². The van der Waals surface area contributed by atoms with Crippen LogP contribution in [0.2, 0.25) is 0 Å². The number of halogens is 1. The fourth-order valence-electron chi connectivity index (χ4n) is 0.758. The van der Waals surface area contributed by atoms with Crippen LogP contribution in [0.4, 0.5) is 0 Å². The third-order valence-electron chi connectivity index (χ3n) is 1.41. The molecule has 1 heterocycles. The van der Waals surface area contributed by atoms with E-state index in [0.717, 1.165) is 5.56 Å². The molecule has 0 aliphatic heterocycles. The predicted molar refractivity (Wildman–Crippen MR) is 48.3 cm³/mol. The van der Waals surface area contributed by atoms with Crippen molar-refractivity contribution >= 4 is 16.6 Å². The summed E-state index contributed by atoms with van der Waals surface area (Å²) in [5.41, 5.74) is 1.28. The fourth-order valence-corrected chi connectivity index (χ4v) is 0.912. The number of rotatable bonds is 1. The molecule has 1 aromatic rings. The molecule has 0 unspecified atom stereocenters. The molecule has 0 N–H and O–H groups in total. The highest BCUT2D eigenvalue weighted by atomic mass is 35.5. The van der Waals surface area contributed by atoms with E-state index in [9.17, 15) is 0 Å². The van der Waals surface area contributed by atoms with Crippen LogP contribution in [0.5, 0.6) is 0 Å². The molecule has 12 heavy (non-hydrogen) atoms. The van der Waals surface area contributed by atoms with Crippen LogP contribution in [-0.2, 0) is 0 Å². The molecule has 60 valence electrons. The van der Waals surface area contributed by atoms with Crippen molar-refractivity contribution in [3.8, 4) is 6.07 Å². The molecule has 1 rings (SSSR count). The highest BCUT2D eigenvalue weighted by Crippen LogP contribution is 2.20. The van der Waals surface area contributed by atoms with Crippen molar-refractivity contribution in [1.82, 2.24) is 4.98 Å². The van der Waals surface area contributed by atoms with Gasteiger partial charge in [-0.15, -0.1) is 0 Å². The molecular weight excluding hydrogens is 172 g/mol. The van der Waals surface area contributed by atoms with E-state index in [1.165, 1.54) is 0 Å². The van der Waals surface area contributed by atoms with E-state index in [2.05, 4.69) is 4.98 Å². The maximum Gasteiger partial charge on any atom is 0.0959 e. The van der Waals surface area contributed by atoms with Crippen LogP contribution in [0.3, 0.4) is 0 Å². The van der Waals surface area contributed by atoms with Crippen LogP contribution in [0, 0.1) is 11.3 Å². The Bertz CT molecular complexity index is 335. The topological polar surface area (TPSA) is 36.7 Å². The maximum absolute atomic E-state index is 8.55. The van der Waals surface area contributed by atoms with Gasteiger partial charge in [0.25, 0.3) is 0 Å². The van der Waals surface area contributed by atoms with E-state index in [4.69, 9.17) is 16.9 Å². The average Bonchev–Trinajstić information content (AvgIpc) is 2.17. The standard InChI is InChI=1S/C9H7ClN2/c1-7(5-11)9(10)8-3-2-4-12-6-8/h2-4,6H,1H3. The van der Waals surface area contributed by atoms with Crippen molar-refractivity contribution in [2.75, 3.05) is 0 Å². The van der Waals surface area contributed by atoms with Gasteiger partial charge < -0.3 is 0 Å². The Balaban J connectivity index is 3.11. The molecule has 0 bridgehead atoms. The Labute approximate surface area is 76.1 Å². The Hall–Kier alpha value is -1.33. The van der Waals surface area contributed by atoms with Gasteiger partial charge in [0, 0.05) is 23.5 Å². The molecule has 0 radical (unpaired) electrons. The smallest absolute Gasteiger partial charge is 0.0959 e. The second-order valence-electron chi connectivity index (χ2n) is 2.29. The van der Waals surface area contributed by atoms with Crippen molar-refractivity contribution < 1.29 is 0 Å². The maximum atomic E-state index is 8.55. The van der Waals surface area contributed by atoms with E-state index in [-0.39, 0.29) is 0 Å². The summed E-state index contributed by atoms with van der Waals surface area (Å²) < 4.78 is 0. The van der Waals surface area contributed by atoms with E-state index in [1.54, 1.807) is 25.4 Å². The Kier molecular flexibility index (Phi) is 2.84. The van der Waals surface area contributed by atoms with Crippen molar-refractivity contribution in [1.29, 1.82) is 5.26 Å². The zero-order valence-electron chi connectivity index (χ0n) is 6.58. The van der Waals surface area contributed by atoms with Crippen LogP contribution < -0.4 is 0 Å². The number of nitriles is 1. The number of aromatic nitrogens is 1. The lowest BCUT2D eigenvalue weighted by molar-refractivity contribution is 1.31. The molecule has 0 amide bonds. The first-order valence-electron chi connectivity index (χ1n) is 3.42. The largest absolute Gasteiger partial charge is 0.264 e. The van der Waals surface area contributed by atoms with E-state index in [1.807, 2.05) is 12.1 Å². The summed E-state index contributed by atoms with van der Waals surface area (Å²) in [6.07, 6.45) is 3.29. The first-order valence-corrected chi connectivity index (χ1v) is 3.80. The lowest BCUT2D eigenvalue weighted by Crippen LogP contribution is -1.81. The number of nitrogens with zero attached hydrogens (tertiary/aromatic N) is 2. The minimum Gasteiger partial charge on any atom is -0.264 e. The molecular formula is C9H7ClN2. The Morgan fingerprint density at radius 3 is 2.92 bits per heavy atom. The second-order valence-corrected chi connectivity index (χ2v) is 2.67. The van der Waals surface area contributed by atoms with Gasteiger partial charge in [0.2, 0.25) is 0 Å². The van der Waals surface area contributed by atoms with Crippen molar-refractivity contribution in [2.24, 2.45) is 0 Å². The summed E-state index contributed by atoms with van der Waals surface area (Å²) in [4.78, 5) is 3.89. The van der Waals surface area contributed by atoms with Gasteiger partial charge in [-0.2, -0.15) is 5.26 Å². The van der Waals surface area contributed by atoms with Gasteiger partial charge in [0.1, 0.15) is 0 Å². The highest BCUT2D eigenvalue weighted by Gasteiger charge is 2.00. The zero-order valence-corrected chi connectivity index (χ0v) is 7.34. The summed E-state index contributed by atoms with van der Waals surface area (Å²) in [6, 6.07) is 5.58. The summed E-state index contributed by atoms with van der Waals surface area (Å²) in [7, 11) is 0. The molecule has 1 aromatic heterocycles. The number of pyridine rings is 1. The Morgan fingerprint density at radius 1 is 1.67 bits per heavy atom. The molecule has 0 atom stereocenters. The molecule has 3 heteroatoms. The van der Waals surface area contributed by atoms with Crippen molar-refractivity contribution in [2.45, 2.75) is 6.92 Å². The minimum absolute atomic E-state index is 0.464. The SMILES string of the molecule is CC(C#N)=C(Cl)c1cccnc1. The van der Waals surface area contributed by atoms with Crippen LogP contribution in [-0.4, -0.2) is 4.98 Å². The zero-order chi connectivity index (χ0) is 8.97.